The van der Waals surface area contributed by atoms with Crippen molar-refractivity contribution < 1.29 is 37.7 Å². The molecule has 13 nitrogen and oxygen atoms in total. The van der Waals surface area contributed by atoms with Crippen LogP contribution in [-0.2, 0) is 28.1 Å². The van der Waals surface area contributed by atoms with Gasteiger partial charge in [-0.15, -0.1) is 0 Å². The molecule has 1 saturated heterocycles. The molecule has 3 N–H and O–H groups in total. The maximum Gasteiger partial charge on any atom is 0.459 e. The first-order valence-electron chi connectivity index (χ1n) is 11.8. The number of halogens is 2. The monoisotopic (exact) mass is 653 g/mol. The summed E-state index contributed by atoms with van der Waals surface area (Å²) in [6, 6.07) is 8.59. The first kappa shape index (κ1) is 31.5. The first-order valence-corrected chi connectivity index (χ1v) is 14.5. The van der Waals surface area contributed by atoms with Crippen LogP contribution < -0.4 is 20.9 Å². The van der Waals surface area contributed by atoms with E-state index in [0.29, 0.717) is 4.57 Å². The number of esters is 1. The van der Waals surface area contributed by atoms with Gasteiger partial charge in [-0.2, -0.15) is 0 Å². The van der Waals surface area contributed by atoms with Gasteiger partial charge in [0.05, 0.1) is 19.1 Å². The van der Waals surface area contributed by atoms with Crippen molar-refractivity contribution in [3.05, 3.63) is 63.4 Å². The van der Waals surface area contributed by atoms with Crippen LogP contribution in [-0.4, -0.2) is 69.6 Å². The summed E-state index contributed by atoms with van der Waals surface area (Å²) in [6.07, 6.45) is -3.02. The summed E-state index contributed by atoms with van der Waals surface area (Å²) in [7, 11) is -2.71. The van der Waals surface area contributed by atoms with E-state index in [1.54, 1.807) is 44.2 Å². The Kier molecular flexibility index (Phi) is 10.9. The second-order valence-electron chi connectivity index (χ2n) is 8.85. The largest absolute Gasteiger partial charge is 0.464 e. The normalized spacial score (nSPS) is 25.9. The molecule has 0 radical (unpaired) electrons. The Labute approximate surface area is 237 Å². The van der Waals surface area contributed by atoms with Crippen LogP contribution in [0.5, 0.6) is 5.75 Å². The molecule has 7 atom stereocenters. The van der Waals surface area contributed by atoms with Gasteiger partial charge in [0, 0.05) is 25.4 Å². The van der Waals surface area contributed by atoms with Crippen LogP contribution in [0.2, 0.25) is 0 Å². The molecule has 0 amide bonds. The molecule has 1 aliphatic rings. The predicted octanol–water partition coefficient (Wildman–Crippen LogP) is 2.13. The maximum absolute atomic E-state index is 13.8. The number of ether oxygens (including phenoxy) is 3. The standard InChI is InChI=1S/C23H30BrClN3O10P/c1-14(11-34-3)20(31)35-12-15(2)27-39(33,38-16-7-5-4-6-8-16)36-13-17-19(30)23(24,25)21(37-17)28-18(29)9-10-26-22(28)32/h4-10,14-15,17,19,21,30H,11-13H2,1-3H3,(H,26,32)(H,27,33)/t14?,15-,17+,19+,21+,23-,39?/m0/s1. The molecule has 0 saturated carbocycles. The Bertz CT molecular complexity index is 1250. The minimum absolute atomic E-state index is 0.158. The number of hydrogen-bond acceptors (Lipinski definition) is 10. The molecule has 16 heteroatoms. The fourth-order valence-electron chi connectivity index (χ4n) is 3.60. The van der Waals surface area contributed by atoms with Crippen molar-refractivity contribution >= 4 is 41.2 Å². The summed E-state index contributed by atoms with van der Waals surface area (Å²) in [6.45, 7) is 2.75. The highest BCUT2D eigenvalue weighted by Gasteiger charge is 2.56. The number of benzene rings is 1. The number of carbonyl (C=O) groups is 1. The van der Waals surface area contributed by atoms with Crippen molar-refractivity contribution in [1.82, 2.24) is 14.6 Å². The van der Waals surface area contributed by atoms with Gasteiger partial charge in [0.1, 0.15) is 24.6 Å². The number of aromatic amines is 1. The second kappa shape index (κ2) is 13.6. The van der Waals surface area contributed by atoms with Gasteiger partial charge < -0.3 is 28.8 Å². The summed E-state index contributed by atoms with van der Waals surface area (Å²) >= 11 is 9.58. The molecular formula is C23H30BrClN3O10P. The molecule has 1 fully saturated rings. The van der Waals surface area contributed by atoms with Gasteiger partial charge in [-0.25, -0.2) is 19.0 Å². The average molecular weight is 655 g/mol. The highest BCUT2D eigenvalue weighted by Crippen LogP contribution is 2.50. The van der Waals surface area contributed by atoms with Crippen molar-refractivity contribution in [2.75, 3.05) is 26.9 Å². The van der Waals surface area contributed by atoms with Crippen LogP contribution in [0.4, 0.5) is 0 Å². The minimum atomic E-state index is -4.18. The number of nitrogens with zero attached hydrogens (tertiary/aromatic N) is 1. The number of rotatable bonds is 13. The molecule has 39 heavy (non-hydrogen) atoms. The maximum atomic E-state index is 13.8. The summed E-state index contributed by atoms with van der Waals surface area (Å²) in [5.74, 6) is -0.781. The number of aliphatic hydroxyl groups excluding tert-OH is 1. The van der Waals surface area contributed by atoms with Crippen LogP contribution in [0, 0.1) is 5.92 Å². The Morgan fingerprint density at radius 2 is 1.97 bits per heavy atom. The minimum Gasteiger partial charge on any atom is -0.464 e. The lowest BCUT2D eigenvalue weighted by atomic mass is 10.2. The average Bonchev–Trinajstić information content (AvgIpc) is 3.10. The lowest BCUT2D eigenvalue weighted by molar-refractivity contribution is -0.150. The Hall–Kier alpha value is -2.03. The van der Waals surface area contributed by atoms with Crippen molar-refractivity contribution in [1.29, 1.82) is 0 Å². The fourth-order valence-corrected chi connectivity index (χ4v) is 6.03. The first-order chi connectivity index (χ1) is 18.4. The molecule has 0 spiro atoms. The number of methoxy groups -OCH3 is 1. The van der Waals surface area contributed by atoms with Gasteiger partial charge >= 0.3 is 19.4 Å². The van der Waals surface area contributed by atoms with E-state index in [1.165, 1.54) is 7.11 Å². The third kappa shape index (κ3) is 8.01. The van der Waals surface area contributed by atoms with Crippen LogP contribution in [0.1, 0.15) is 20.1 Å². The smallest absolute Gasteiger partial charge is 0.459 e. The predicted molar refractivity (Wildman–Crippen MR) is 144 cm³/mol. The molecule has 1 aliphatic heterocycles. The highest BCUT2D eigenvalue weighted by atomic mass is 79.9. The van der Waals surface area contributed by atoms with E-state index < -0.39 is 65.8 Å². The molecule has 216 valence electrons. The number of aromatic nitrogens is 2. The zero-order valence-electron chi connectivity index (χ0n) is 21.3. The van der Waals surface area contributed by atoms with E-state index in [0.717, 1.165) is 12.3 Å². The fraction of sp³-hybridized carbons (Fsp3) is 0.522. The van der Waals surface area contributed by atoms with E-state index in [-0.39, 0.29) is 19.0 Å². The topological polar surface area (TPSA) is 167 Å². The third-order valence-electron chi connectivity index (χ3n) is 5.55. The van der Waals surface area contributed by atoms with Crippen LogP contribution >= 0.6 is 35.3 Å². The van der Waals surface area contributed by atoms with E-state index in [9.17, 15) is 24.1 Å². The van der Waals surface area contributed by atoms with E-state index in [4.69, 9.17) is 34.9 Å². The molecule has 3 rings (SSSR count). The zero-order valence-corrected chi connectivity index (χ0v) is 24.6. The molecular weight excluding hydrogens is 625 g/mol. The highest BCUT2D eigenvalue weighted by molar-refractivity contribution is 9.10. The molecule has 1 aromatic heterocycles. The van der Waals surface area contributed by atoms with Gasteiger partial charge in [-0.3, -0.25) is 14.1 Å². The molecule has 1 aromatic carbocycles. The van der Waals surface area contributed by atoms with E-state index in [2.05, 4.69) is 26.0 Å². The number of alkyl halides is 2. The Balaban J connectivity index is 1.74. The summed E-state index contributed by atoms with van der Waals surface area (Å²) < 4.78 is 39.8. The van der Waals surface area contributed by atoms with Gasteiger partial charge in [0.2, 0.25) is 0 Å². The molecule has 2 unspecified atom stereocenters. The zero-order chi connectivity index (χ0) is 28.8. The van der Waals surface area contributed by atoms with Crippen LogP contribution in [0.3, 0.4) is 0 Å². The summed E-state index contributed by atoms with van der Waals surface area (Å²) in [5, 5.41) is 13.5. The molecule has 2 heterocycles. The molecule has 0 bridgehead atoms. The third-order valence-corrected chi connectivity index (χ3v) is 8.52. The Morgan fingerprint density at radius 1 is 1.28 bits per heavy atom. The lowest BCUT2D eigenvalue weighted by Gasteiger charge is -2.25. The van der Waals surface area contributed by atoms with Crippen molar-refractivity contribution in [3.63, 3.8) is 0 Å². The van der Waals surface area contributed by atoms with Gasteiger partial charge in [-0.1, -0.05) is 45.7 Å². The van der Waals surface area contributed by atoms with Gasteiger partial charge in [-0.05, 0) is 26.0 Å². The number of nitrogens with one attached hydrogen (secondary N) is 2. The van der Waals surface area contributed by atoms with Crippen molar-refractivity contribution in [3.8, 4) is 5.75 Å². The van der Waals surface area contributed by atoms with Gasteiger partial charge in [0.25, 0.3) is 5.56 Å². The van der Waals surface area contributed by atoms with E-state index in [1.807, 2.05) is 0 Å². The number of hydrogen-bond donors (Lipinski definition) is 3. The number of aliphatic hydroxyl groups is 1. The summed E-state index contributed by atoms with van der Waals surface area (Å²) in [4.78, 5) is 39.0. The number of H-pyrrole nitrogens is 1. The van der Waals surface area contributed by atoms with Crippen molar-refractivity contribution in [2.24, 2.45) is 5.92 Å². The quantitative estimate of drug-likeness (QED) is 0.164. The SMILES string of the molecule is COCC(C)C(=O)OC[C@H](C)NP(=O)(OC[C@H]1O[C@@H](n2c(=O)cc[nH]c2=O)[C@](Cl)(Br)[C@@H]1O)Oc1ccccc1. The lowest BCUT2D eigenvalue weighted by Crippen LogP contribution is -2.44. The van der Waals surface area contributed by atoms with Crippen LogP contribution in [0.25, 0.3) is 0 Å². The second-order valence-corrected chi connectivity index (χ2v) is 12.9. The van der Waals surface area contributed by atoms with E-state index >= 15 is 0 Å². The Morgan fingerprint density at radius 3 is 2.62 bits per heavy atom. The van der Waals surface area contributed by atoms with Crippen molar-refractivity contribution in [2.45, 2.75) is 42.1 Å². The van der Waals surface area contributed by atoms with Gasteiger partial charge in [0.15, 0.2) is 10.0 Å². The number of carbonyl (C=O) groups excluding carboxylic acids is 1. The molecule has 0 aliphatic carbocycles. The summed E-state index contributed by atoms with van der Waals surface area (Å²) in [5.41, 5.74) is -1.53. The number of para-hydroxylation sites is 1. The van der Waals surface area contributed by atoms with Crippen LogP contribution in [0.15, 0.2) is 52.2 Å². The molecule has 2 aromatic rings.